The van der Waals surface area contributed by atoms with E-state index in [2.05, 4.69) is 10.4 Å². The third kappa shape index (κ3) is 2.92. The van der Waals surface area contributed by atoms with Gasteiger partial charge in [-0.05, 0) is 26.2 Å². The van der Waals surface area contributed by atoms with E-state index in [-0.39, 0.29) is 18.1 Å². The highest BCUT2D eigenvalue weighted by Gasteiger charge is 2.35. The van der Waals surface area contributed by atoms with Crippen molar-refractivity contribution in [3.05, 3.63) is 16.9 Å². The number of amides is 1. The monoisotopic (exact) mass is 285 g/mol. The fourth-order valence-corrected chi connectivity index (χ4v) is 3.06. The smallest absolute Gasteiger partial charge is 0.271 e. The molecule has 1 amide bonds. The highest BCUT2D eigenvalue weighted by atomic mass is 35.5. The fourth-order valence-electron chi connectivity index (χ4n) is 2.83. The quantitative estimate of drug-likeness (QED) is 0.869. The van der Waals surface area contributed by atoms with E-state index in [1.807, 2.05) is 6.92 Å². The lowest BCUT2D eigenvalue weighted by Crippen LogP contribution is -2.47. The number of halogens is 1. The number of hydrogen-bond donors (Lipinski definition) is 2. The molecule has 0 atom stereocenters. The van der Waals surface area contributed by atoms with E-state index in [9.17, 15) is 9.90 Å². The van der Waals surface area contributed by atoms with E-state index < -0.39 is 0 Å². The summed E-state index contributed by atoms with van der Waals surface area (Å²) in [4.78, 5) is 12.4. The molecule has 0 unspecified atom stereocenters. The molecule has 0 aromatic carbocycles. The summed E-state index contributed by atoms with van der Waals surface area (Å²) in [6, 6.07) is 0. The van der Waals surface area contributed by atoms with E-state index in [1.54, 1.807) is 4.68 Å². The minimum absolute atomic E-state index is 0.0844. The lowest BCUT2D eigenvalue weighted by atomic mass is 9.93. The van der Waals surface area contributed by atoms with Gasteiger partial charge in [-0.3, -0.25) is 9.48 Å². The minimum atomic E-state index is -0.280. The van der Waals surface area contributed by atoms with Crippen LogP contribution in [0.5, 0.6) is 0 Å². The second-order valence-corrected chi connectivity index (χ2v) is 5.48. The number of aromatic nitrogens is 2. The Morgan fingerprint density at radius 3 is 2.84 bits per heavy atom. The van der Waals surface area contributed by atoms with Crippen LogP contribution in [0.15, 0.2) is 6.20 Å². The molecule has 0 aliphatic heterocycles. The van der Waals surface area contributed by atoms with Crippen molar-refractivity contribution >= 4 is 17.5 Å². The van der Waals surface area contributed by atoms with E-state index >= 15 is 0 Å². The Bertz CT molecular complexity index is 453. The predicted octanol–water partition coefficient (Wildman–Crippen LogP) is 1.98. The molecule has 1 aliphatic carbocycles. The van der Waals surface area contributed by atoms with Crippen molar-refractivity contribution in [1.29, 1.82) is 0 Å². The molecule has 2 N–H and O–H groups in total. The summed E-state index contributed by atoms with van der Waals surface area (Å²) in [5, 5.41) is 16.7. The molecular weight excluding hydrogens is 266 g/mol. The SMILES string of the molecule is CCn1ncc(Cl)c1C(=O)NC1(CCO)CCCC1. The van der Waals surface area contributed by atoms with Crippen LogP contribution in [0, 0.1) is 0 Å². The maximum atomic E-state index is 12.4. The zero-order valence-corrected chi connectivity index (χ0v) is 11.9. The third-order valence-electron chi connectivity index (χ3n) is 3.84. The van der Waals surface area contributed by atoms with E-state index in [0.29, 0.717) is 23.7 Å². The first kappa shape index (κ1) is 14.3. The predicted molar refractivity (Wildman–Crippen MR) is 73.3 cm³/mol. The van der Waals surface area contributed by atoms with Crippen molar-refractivity contribution < 1.29 is 9.90 Å². The van der Waals surface area contributed by atoms with Crippen molar-refractivity contribution in [2.75, 3.05) is 6.61 Å². The van der Waals surface area contributed by atoms with Gasteiger partial charge < -0.3 is 10.4 Å². The van der Waals surface area contributed by atoms with E-state index in [4.69, 9.17) is 11.6 Å². The van der Waals surface area contributed by atoms with Crippen LogP contribution >= 0.6 is 11.6 Å². The first-order chi connectivity index (χ1) is 9.12. The van der Waals surface area contributed by atoms with Crippen molar-refractivity contribution in [2.45, 2.75) is 51.1 Å². The number of nitrogens with zero attached hydrogens (tertiary/aromatic N) is 2. The topological polar surface area (TPSA) is 67.2 Å². The summed E-state index contributed by atoms with van der Waals surface area (Å²) in [6.45, 7) is 2.60. The molecule has 106 valence electrons. The number of nitrogens with one attached hydrogen (secondary N) is 1. The second kappa shape index (κ2) is 5.92. The van der Waals surface area contributed by atoms with Crippen LogP contribution in [-0.2, 0) is 6.54 Å². The van der Waals surface area contributed by atoms with Crippen LogP contribution < -0.4 is 5.32 Å². The van der Waals surface area contributed by atoms with Gasteiger partial charge in [0.15, 0.2) is 0 Å². The number of carbonyl (C=O) groups excluding carboxylic acids is 1. The van der Waals surface area contributed by atoms with Crippen LogP contribution in [0.25, 0.3) is 0 Å². The molecular formula is C13H20ClN3O2. The van der Waals surface area contributed by atoms with Crippen molar-refractivity contribution in [2.24, 2.45) is 0 Å². The summed E-state index contributed by atoms with van der Waals surface area (Å²) in [5.74, 6) is -0.195. The Morgan fingerprint density at radius 1 is 1.58 bits per heavy atom. The average molecular weight is 286 g/mol. The minimum Gasteiger partial charge on any atom is -0.396 e. The molecule has 1 heterocycles. The lowest BCUT2D eigenvalue weighted by molar-refractivity contribution is 0.0870. The van der Waals surface area contributed by atoms with Gasteiger partial charge in [0.25, 0.3) is 5.91 Å². The van der Waals surface area contributed by atoms with Crippen LogP contribution in [0.4, 0.5) is 0 Å². The lowest BCUT2D eigenvalue weighted by Gasteiger charge is -2.29. The molecule has 0 spiro atoms. The van der Waals surface area contributed by atoms with Crippen molar-refractivity contribution in [3.8, 4) is 0 Å². The van der Waals surface area contributed by atoms with Gasteiger partial charge in [0.1, 0.15) is 5.69 Å². The molecule has 2 rings (SSSR count). The summed E-state index contributed by atoms with van der Waals surface area (Å²) in [5.41, 5.74) is 0.131. The largest absolute Gasteiger partial charge is 0.396 e. The zero-order chi connectivity index (χ0) is 13.9. The Hall–Kier alpha value is -1.07. The standard InChI is InChI=1S/C13H20ClN3O2/c1-2-17-11(10(14)9-15-17)12(19)16-13(7-8-18)5-3-4-6-13/h9,18H,2-8H2,1H3,(H,16,19). The van der Waals surface area contributed by atoms with Crippen molar-refractivity contribution in [1.82, 2.24) is 15.1 Å². The average Bonchev–Trinajstić information content (AvgIpc) is 2.96. The molecule has 19 heavy (non-hydrogen) atoms. The highest BCUT2D eigenvalue weighted by molar-refractivity contribution is 6.33. The molecule has 0 bridgehead atoms. The molecule has 6 heteroatoms. The Balaban J connectivity index is 2.17. The van der Waals surface area contributed by atoms with E-state index in [1.165, 1.54) is 6.20 Å². The van der Waals surface area contributed by atoms with Crippen LogP contribution in [-0.4, -0.2) is 32.9 Å². The second-order valence-electron chi connectivity index (χ2n) is 5.07. The third-order valence-corrected chi connectivity index (χ3v) is 4.12. The number of aliphatic hydroxyl groups excluding tert-OH is 1. The molecule has 5 nitrogen and oxygen atoms in total. The first-order valence-corrected chi connectivity index (χ1v) is 7.14. The molecule has 1 fully saturated rings. The normalized spacial score (nSPS) is 17.6. The first-order valence-electron chi connectivity index (χ1n) is 6.76. The summed E-state index contributed by atoms with van der Waals surface area (Å²) in [6.07, 6.45) is 6.08. The summed E-state index contributed by atoms with van der Waals surface area (Å²) >= 11 is 6.03. The van der Waals surface area contributed by atoms with Gasteiger partial charge in [-0.25, -0.2) is 0 Å². The molecule has 1 aromatic rings. The van der Waals surface area contributed by atoms with Crippen LogP contribution in [0.1, 0.15) is 49.5 Å². The van der Waals surface area contributed by atoms with Gasteiger partial charge in [0.05, 0.1) is 11.2 Å². The summed E-state index contributed by atoms with van der Waals surface area (Å²) in [7, 11) is 0. The molecule has 0 radical (unpaired) electrons. The Kier molecular flexibility index (Phi) is 4.47. The van der Waals surface area contributed by atoms with Gasteiger partial charge >= 0.3 is 0 Å². The van der Waals surface area contributed by atoms with Crippen LogP contribution in [0.2, 0.25) is 5.02 Å². The van der Waals surface area contributed by atoms with Crippen LogP contribution in [0.3, 0.4) is 0 Å². The van der Waals surface area contributed by atoms with Gasteiger partial charge in [-0.1, -0.05) is 24.4 Å². The summed E-state index contributed by atoms with van der Waals surface area (Å²) < 4.78 is 1.60. The molecule has 1 aromatic heterocycles. The number of aliphatic hydroxyl groups is 1. The molecule has 1 saturated carbocycles. The van der Waals surface area contributed by atoms with Gasteiger partial charge in [-0.15, -0.1) is 0 Å². The number of hydrogen-bond acceptors (Lipinski definition) is 3. The Labute approximate surface area is 117 Å². The number of rotatable bonds is 5. The fraction of sp³-hybridized carbons (Fsp3) is 0.692. The maximum Gasteiger partial charge on any atom is 0.271 e. The zero-order valence-electron chi connectivity index (χ0n) is 11.2. The maximum absolute atomic E-state index is 12.4. The van der Waals surface area contributed by atoms with Crippen molar-refractivity contribution in [3.63, 3.8) is 0 Å². The van der Waals surface area contributed by atoms with E-state index in [0.717, 1.165) is 25.7 Å². The van der Waals surface area contributed by atoms with Gasteiger partial charge in [0.2, 0.25) is 0 Å². The number of carbonyl (C=O) groups is 1. The van der Waals surface area contributed by atoms with Gasteiger partial charge in [-0.2, -0.15) is 5.10 Å². The molecule has 1 aliphatic rings. The number of aryl methyl sites for hydroxylation is 1. The highest BCUT2D eigenvalue weighted by Crippen LogP contribution is 2.33. The van der Waals surface area contributed by atoms with Gasteiger partial charge in [0, 0.05) is 18.7 Å². The Morgan fingerprint density at radius 2 is 2.26 bits per heavy atom. The molecule has 0 saturated heterocycles.